The van der Waals surface area contributed by atoms with E-state index in [0.29, 0.717) is 6.04 Å². The summed E-state index contributed by atoms with van der Waals surface area (Å²) in [5.74, 6) is 4.50. The minimum absolute atomic E-state index is 0. The van der Waals surface area contributed by atoms with Gasteiger partial charge in [-0.25, -0.2) is 0 Å². The van der Waals surface area contributed by atoms with Crippen molar-refractivity contribution in [2.75, 3.05) is 31.1 Å². The highest BCUT2D eigenvalue weighted by molar-refractivity contribution is 7.99. The molecule has 3 atom stereocenters. The summed E-state index contributed by atoms with van der Waals surface area (Å²) < 4.78 is 0. The molecule has 2 aliphatic heterocycles. The van der Waals surface area contributed by atoms with Gasteiger partial charge in [-0.1, -0.05) is 6.92 Å². The Hall–Kier alpha value is 0.560. The van der Waals surface area contributed by atoms with Gasteiger partial charge in [0.15, 0.2) is 0 Å². The smallest absolute Gasteiger partial charge is 0.0244 e. The second-order valence-corrected chi connectivity index (χ2v) is 6.30. The zero-order chi connectivity index (χ0) is 10.7. The molecule has 0 aromatic rings. The molecule has 16 heavy (non-hydrogen) atoms. The van der Waals surface area contributed by atoms with E-state index in [4.69, 9.17) is 5.73 Å². The van der Waals surface area contributed by atoms with Crippen LogP contribution >= 0.6 is 24.2 Å². The Morgan fingerprint density at radius 3 is 2.81 bits per heavy atom. The van der Waals surface area contributed by atoms with E-state index in [1.165, 1.54) is 43.9 Å². The highest BCUT2D eigenvalue weighted by Crippen LogP contribution is 2.28. The van der Waals surface area contributed by atoms with E-state index in [-0.39, 0.29) is 12.4 Å². The highest BCUT2D eigenvalue weighted by Gasteiger charge is 2.29. The lowest BCUT2D eigenvalue weighted by Gasteiger charge is -2.40. The molecule has 4 heteroatoms. The molecule has 0 spiro atoms. The van der Waals surface area contributed by atoms with Crippen LogP contribution in [0.2, 0.25) is 0 Å². The van der Waals surface area contributed by atoms with E-state index in [2.05, 4.69) is 23.6 Å². The van der Waals surface area contributed by atoms with E-state index in [0.717, 1.165) is 18.4 Å². The summed E-state index contributed by atoms with van der Waals surface area (Å²) in [5.41, 5.74) is 5.91. The molecule has 2 aliphatic rings. The van der Waals surface area contributed by atoms with Crippen molar-refractivity contribution in [3.63, 3.8) is 0 Å². The Bertz CT molecular complexity index is 197. The maximum absolute atomic E-state index is 5.91. The van der Waals surface area contributed by atoms with Crippen molar-refractivity contribution in [1.29, 1.82) is 0 Å². The van der Waals surface area contributed by atoms with Crippen LogP contribution in [0.4, 0.5) is 0 Å². The van der Waals surface area contributed by atoms with Crippen molar-refractivity contribution < 1.29 is 0 Å². The van der Waals surface area contributed by atoms with Crippen LogP contribution in [0.3, 0.4) is 0 Å². The summed E-state index contributed by atoms with van der Waals surface area (Å²) in [6, 6.07) is 0.657. The fourth-order valence-corrected chi connectivity index (χ4v) is 4.27. The number of halogens is 1. The van der Waals surface area contributed by atoms with Gasteiger partial charge in [0.05, 0.1) is 0 Å². The minimum Gasteiger partial charge on any atom is -0.329 e. The Balaban J connectivity index is 0.00000128. The lowest BCUT2D eigenvalue weighted by atomic mass is 9.90. The standard InChI is InChI=1S/C12H24N2S.ClH/c1-10-3-2-5-14(12(10)7-13)8-11-4-6-15-9-11;/h10-12H,2-9,13H2,1H3;1H. The van der Waals surface area contributed by atoms with E-state index in [1.54, 1.807) is 0 Å². The number of hydrogen-bond acceptors (Lipinski definition) is 3. The average Bonchev–Trinajstić information content (AvgIpc) is 2.71. The summed E-state index contributed by atoms with van der Waals surface area (Å²) in [6.07, 6.45) is 4.17. The predicted molar refractivity (Wildman–Crippen MR) is 75.5 cm³/mol. The molecule has 3 unspecified atom stereocenters. The molecule has 2 rings (SSSR count). The fourth-order valence-electron chi connectivity index (χ4n) is 3.00. The number of nitrogens with zero attached hydrogens (tertiary/aromatic N) is 1. The number of likely N-dealkylation sites (tertiary alicyclic amines) is 1. The van der Waals surface area contributed by atoms with Crippen molar-refractivity contribution in [3.05, 3.63) is 0 Å². The zero-order valence-electron chi connectivity index (χ0n) is 10.2. The molecular formula is C12H25ClN2S. The lowest BCUT2D eigenvalue weighted by molar-refractivity contribution is 0.0924. The zero-order valence-corrected chi connectivity index (χ0v) is 11.9. The molecule has 0 saturated carbocycles. The van der Waals surface area contributed by atoms with Gasteiger partial charge in [0, 0.05) is 19.1 Å². The summed E-state index contributed by atoms with van der Waals surface area (Å²) >= 11 is 2.12. The van der Waals surface area contributed by atoms with Gasteiger partial charge in [-0.15, -0.1) is 12.4 Å². The van der Waals surface area contributed by atoms with Gasteiger partial charge in [-0.3, -0.25) is 4.90 Å². The van der Waals surface area contributed by atoms with Crippen LogP contribution in [-0.4, -0.2) is 42.1 Å². The largest absolute Gasteiger partial charge is 0.329 e. The number of piperidine rings is 1. The molecule has 2 saturated heterocycles. The molecular weight excluding hydrogens is 240 g/mol. The Kier molecular flexibility index (Phi) is 6.48. The number of nitrogens with two attached hydrogens (primary N) is 1. The van der Waals surface area contributed by atoms with Crippen LogP contribution in [0, 0.1) is 11.8 Å². The lowest BCUT2D eigenvalue weighted by Crippen LogP contribution is -2.50. The van der Waals surface area contributed by atoms with Gasteiger partial charge in [-0.2, -0.15) is 11.8 Å². The molecule has 2 N–H and O–H groups in total. The van der Waals surface area contributed by atoms with E-state index in [1.807, 2.05) is 0 Å². The van der Waals surface area contributed by atoms with Gasteiger partial charge < -0.3 is 5.73 Å². The second kappa shape index (κ2) is 7.10. The van der Waals surface area contributed by atoms with Crippen molar-refractivity contribution in [2.24, 2.45) is 17.6 Å². The molecule has 96 valence electrons. The molecule has 2 heterocycles. The molecule has 0 bridgehead atoms. The third-order valence-electron chi connectivity index (χ3n) is 3.99. The third-order valence-corrected chi connectivity index (χ3v) is 5.22. The van der Waals surface area contributed by atoms with Crippen molar-refractivity contribution >= 4 is 24.2 Å². The van der Waals surface area contributed by atoms with Gasteiger partial charge >= 0.3 is 0 Å². The van der Waals surface area contributed by atoms with Crippen LogP contribution in [-0.2, 0) is 0 Å². The molecule has 2 nitrogen and oxygen atoms in total. The van der Waals surface area contributed by atoms with Crippen molar-refractivity contribution in [3.8, 4) is 0 Å². The van der Waals surface area contributed by atoms with Crippen LogP contribution in [0.15, 0.2) is 0 Å². The Morgan fingerprint density at radius 1 is 1.38 bits per heavy atom. The first-order valence-electron chi connectivity index (χ1n) is 6.33. The third kappa shape index (κ3) is 3.52. The maximum Gasteiger partial charge on any atom is 0.0244 e. The average molecular weight is 265 g/mol. The molecule has 0 aromatic heterocycles. The SMILES string of the molecule is CC1CCCN(CC2CCSC2)C1CN.Cl. The van der Waals surface area contributed by atoms with Crippen LogP contribution in [0.25, 0.3) is 0 Å². The first-order valence-corrected chi connectivity index (χ1v) is 7.48. The molecule has 0 aromatic carbocycles. The van der Waals surface area contributed by atoms with Gasteiger partial charge in [0.25, 0.3) is 0 Å². The topological polar surface area (TPSA) is 29.3 Å². The molecule has 2 fully saturated rings. The predicted octanol–water partition coefficient (Wildman–Crippen LogP) is 2.22. The Morgan fingerprint density at radius 2 is 2.19 bits per heavy atom. The van der Waals surface area contributed by atoms with Gasteiger partial charge in [-0.05, 0) is 49.1 Å². The van der Waals surface area contributed by atoms with Crippen molar-refractivity contribution in [2.45, 2.75) is 32.2 Å². The Labute approximate surface area is 110 Å². The normalized spacial score (nSPS) is 36.0. The number of hydrogen-bond donors (Lipinski definition) is 1. The maximum atomic E-state index is 5.91. The van der Waals surface area contributed by atoms with Gasteiger partial charge in [0.1, 0.15) is 0 Å². The molecule has 0 aliphatic carbocycles. The van der Waals surface area contributed by atoms with Crippen LogP contribution in [0.5, 0.6) is 0 Å². The van der Waals surface area contributed by atoms with Crippen molar-refractivity contribution in [1.82, 2.24) is 4.90 Å². The van der Waals surface area contributed by atoms with Crippen LogP contribution < -0.4 is 5.73 Å². The molecule has 0 radical (unpaired) electrons. The summed E-state index contributed by atoms with van der Waals surface area (Å²) in [5, 5.41) is 0. The monoisotopic (exact) mass is 264 g/mol. The highest BCUT2D eigenvalue weighted by atomic mass is 35.5. The second-order valence-electron chi connectivity index (χ2n) is 5.15. The quantitative estimate of drug-likeness (QED) is 0.848. The molecule has 0 amide bonds. The van der Waals surface area contributed by atoms with E-state index >= 15 is 0 Å². The van der Waals surface area contributed by atoms with Gasteiger partial charge in [0.2, 0.25) is 0 Å². The summed E-state index contributed by atoms with van der Waals surface area (Å²) in [4.78, 5) is 2.67. The summed E-state index contributed by atoms with van der Waals surface area (Å²) in [6.45, 7) is 5.81. The van der Waals surface area contributed by atoms with E-state index in [9.17, 15) is 0 Å². The minimum atomic E-state index is 0. The van der Waals surface area contributed by atoms with Crippen LogP contribution in [0.1, 0.15) is 26.2 Å². The first kappa shape index (κ1) is 14.6. The summed E-state index contributed by atoms with van der Waals surface area (Å²) in [7, 11) is 0. The number of rotatable bonds is 3. The number of thioether (sulfide) groups is 1. The fraction of sp³-hybridized carbons (Fsp3) is 1.00. The first-order chi connectivity index (χ1) is 7.31. The van der Waals surface area contributed by atoms with E-state index < -0.39 is 0 Å².